The predicted octanol–water partition coefficient (Wildman–Crippen LogP) is 5.44. The number of pyridine rings is 1. The van der Waals surface area contributed by atoms with Crippen LogP contribution in [0.2, 0.25) is 0 Å². The molecule has 9 nitrogen and oxygen atoms in total. The van der Waals surface area contributed by atoms with Crippen LogP contribution in [0, 0.1) is 0 Å². The minimum absolute atomic E-state index is 0.0791. The van der Waals surface area contributed by atoms with Crippen LogP contribution in [0.3, 0.4) is 0 Å². The number of carbonyl (C=O) groups is 2. The molecule has 5 aromatic rings. The van der Waals surface area contributed by atoms with E-state index < -0.39 is 0 Å². The van der Waals surface area contributed by atoms with Crippen LogP contribution in [0.5, 0.6) is 5.75 Å². The molecular formula is C30H26N6O3S. The van der Waals surface area contributed by atoms with Gasteiger partial charge in [-0.25, -0.2) is 9.67 Å². The normalized spacial score (nSPS) is 10.6. The average molecular weight is 551 g/mol. The summed E-state index contributed by atoms with van der Waals surface area (Å²) in [7, 11) is 1.59. The molecule has 0 aliphatic heterocycles. The van der Waals surface area contributed by atoms with E-state index in [1.165, 1.54) is 11.8 Å². The fourth-order valence-corrected chi connectivity index (χ4v) is 4.69. The topological polar surface area (TPSA) is 102 Å². The number of benzene rings is 3. The van der Waals surface area contributed by atoms with Crippen LogP contribution in [0.25, 0.3) is 11.4 Å². The Kier molecular flexibility index (Phi) is 8.47. The molecule has 0 saturated heterocycles. The van der Waals surface area contributed by atoms with Crippen molar-refractivity contribution < 1.29 is 14.3 Å². The van der Waals surface area contributed by atoms with Crippen LogP contribution in [0.1, 0.15) is 0 Å². The van der Waals surface area contributed by atoms with Gasteiger partial charge in [0.2, 0.25) is 5.91 Å². The molecule has 0 unspecified atom stereocenters. The highest BCUT2D eigenvalue weighted by molar-refractivity contribution is 7.99. The van der Waals surface area contributed by atoms with Crippen molar-refractivity contribution in [2.24, 2.45) is 0 Å². The van der Waals surface area contributed by atoms with Gasteiger partial charge >= 0.3 is 0 Å². The lowest BCUT2D eigenvalue weighted by Gasteiger charge is -2.23. The van der Waals surface area contributed by atoms with Gasteiger partial charge in [0.1, 0.15) is 12.3 Å². The highest BCUT2D eigenvalue weighted by Crippen LogP contribution is 2.27. The van der Waals surface area contributed by atoms with E-state index in [4.69, 9.17) is 4.74 Å². The van der Waals surface area contributed by atoms with Gasteiger partial charge in [0, 0.05) is 35.0 Å². The van der Waals surface area contributed by atoms with Gasteiger partial charge < -0.3 is 10.1 Å². The molecule has 200 valence electrons. The number of hydrogen-bond donors (Lipinski definition) is 1. The summed E-state index contributed by atoms with van der Waals surface area (Å²) < 4.78 is 6.71. The number of nitrogens with zero attached hydrogens (tertiary/aromatic N) is 5. The van der Waals surface area contributed by atoms with Gasteiger partial charge in [-0.05, 0) is 60.7 Å². The number of anilines is 3. The second kappa shape index (κ2) is 12.7. The van der Waals surface area contributed by atoms with Gasteiger partial charge in [0.05, 0.1) is 12.9 Å². The number of thioether (sulfide) groups is 1. The van der Waals surface area contributed by atoms with Crippen LogP contribution < -0.4 is 15.0 Å². The van der Waals surface area contributed by atoms with Gasteiger partial charge in [-0.1, -0.05) is 48.2 Å². The molecule has 2 amide bonds. The van der Waals surface area contributed by atoms with Gasteiger partial charge in [-0.15, -0.1) is 5.10 Å². The minimum Gasteiger partial charge on any atom is -0.497 e. The molecule has 0 radical (unpaired) electrons. The Morgan fingerprint density at radius 2 is 1.50 bits per heavy atom. The first-order valence-corrected chi connectivity index (χ1v) is 13.4. The first kappa shape index (κ1) is 26.6. The average Bonchev–Trinajstić information content (AvgIpc) is 3.40. The Bertz CT molecular complexity index is 1520. The largest absolute Gasteiger partial charge is 0.497 e. The number of rotatable bonds is 10. The van der Waals surface area contributed by atoms with Gasteiger partial charge in [-0.2, -0.15) is 0 Å². The Morgan fingerprint density at radius 1 is 0.875 bits per heavy atom. The standard InChI is InChI=1S/C30H26N6O3S/c1-39-26-14-12-23(13-15-26)32-27(37)21-40-30-33-29(22-16-18-31-19-17-22)34-35(30)20-28(38)36(24-8-4-2-5-9-24)25-10-6-3-7-11-25/h2-19H,20-21H2,1H3,(H,32,37). The fourth-order valence-electron chi connectivity index (χ4n) is 3.95. The third-order valence-corrected chi connectivity index (χ3v) is 6.81. The second-order valence-electron chi connectivity index (χ2n) is 8.58. The van der Waals surface area contributed by atoms with Crippen molar-refractivity contribution in [1.29, 1.82) is 0 Å². The molecule has 1 N–H and O–H groups in total. The van der Waals surface area contributed by atoms with Crippen molar-refractivity contribution in [2.45, 2.75) is 11.7 Å². The number of methoxy groups -OCH3 is 1. The van der Waals surface area contributed by atoms with E-state index in [2.05, 4.69) is 20.4 Å². The van der Waals surface area contributed by atoms with Crippen LogP contribution in [-0.4, -0.2) is 44.4 Å². The van der Waals surface area contributed by atoms with Crippen molar-refractivity contribution in [2.75, 3.05) is 23.1 Å². The molecule has 2 aromatic heterocycles. The van der Waals surface area contributed by atoms with E-state index >= 15 is 0 Å². The molecule has 0 fully saturated rings. The molecule has 10 heteroatoms. The Labute approximate surface area is 235 Å². The quantitative estimate of drug-likeness (QED) is 0.231. The maximum Gasteiger partial charge on any atom is 0.253 e. The molecule has 3 aromatic carbocycles. The van der Waals surface area contributed by atoms with Crippen molar-refractivity contribution in [1.82, 2.24) is 19.7 Å². The summed E-state index contributed by atoms with van der Waals surface area (Å²) in [6, 6.07) is 29.6. The minimum atomic E-state index is -0.211. The second-order valence-corrected chi connectivity index (χ2v) is 9.52. The predicted molar refractivity (Wildman–Crippen MR) is 156 cm³/mol. The number of nitrogens with one attached hydrogen (secondary N) is 1. The number of ether oxygens (including phenoxy) is 1. The zero-order chi connectivity index (χ0) is 27.7. The summed E-state index contributed by atoms with van der Waals surface area (Å²) in [4.78, 5) is 36.9. The summed E-state index contributed by atoms with van der Waals surface area (Å²) in [5, 5.41) is 7.95. The smallest absolute Gasteiger partial charge is 0.253 e. The van der Waals surface area contributed by atoms with Crippen molar-refractivity contribution >= 4 is 40.6 Å². The lowest BCUT2D eigenvalue weighted by Crippen LogP contribution is -2.30. The van der Waals surface area contributed by atoms with E-state index in [0.717, 1.165) is 16.9 Å². The SMILES string of the molecule is COc1ccc(NC(=O)CSc2nc(-c3ccncc3)nn2CC(=O)N(c2ccccc2)c2ccccc2)cc1. The first-order chi connectivity index (χ1) is 19.6. The van der Waals surface area contributed by atoms with E-state index in [0.29, 0.717) is 22.4 Å². The molecule has 0 spiro atoms. The zero-order valence-electron chi connectivity index (χ0n) is 21.7. The molecule has 0 saturated carbocycles. The lowest BCUT2D eigenvalue weighted by molar-refractivity contribution is -0.118. The van der Waals surface area contributed by atoms with Crippen LogP contribution in [-0.2, 0) is 16.1 Å². The number of aromatic nitrogens is 4. The van der Waals surface area contributed by atoms with Crippen molar-refractivity contribution in [3.8, 4) is 17.1 Å². The van der Waals surface area contributed by atoms with E-state index in [1.807, 2.05) is 60.7 Å². The summed E-state index contributed by atoms with van der Waals surface area (Å²) >= 11 is 1.21. The molecule has 0 aliphatic rings. The summed E-state index contributed by atoms with van der Waals surface area (Å²) in [6.45, 7) is -0.0791. The lowest BCUT2D eigenvalue weighted by atomic mass is 10.2. The molecule has 0 bridgehead atoms. The number of para-hydroxylation sites is 2. The molecule has 0 atom stereocenters. The molecule has 2 heterocycles. The van der Waals surface area contributed by atoms with Crippen molar-refractivity contribution in [3.05, 3.63) is 109 Å². The Balaban J connectivity index is 1.38. The van der Waals surface area contributed by atoms with Crippen molar-refractivity contribution in [3.63, 3.8) is 0 Å². The third-order valence-electron chi connectivity index (χ3n) is 5.85. The van der Waals surface area contributed by atoms with E-state index in [9.17, 15) is 9.59 Å². The van der Waals surface area contributed by atoms with E-state index in [1.54, 1.807) is 65.5 Å². The maximum absolute atomic E-state index is 13.8. The summed E-state index contributed by atoms with van der Waals surface area (Å²) in [6.07, 6.45) is 3.31. The van der Waals surface area contributed by atoms with Gasteiger partial charge in [0.15, 0.2) is 11.0 Å². The fraction of sp³-hybridized carbons (Fsp3) is 0.100. The monoisotopic (exact) mass is 550 g/mol. The highest BCUT2D eigenvalue weighted by atomic mass is 32.2. The molecule has 5 rings (SSSR count). The van der Waals surface area contributed by atoms with E-state index in [-0.39, 0.29) is 24.1 Å². The number of carbonyl (C=O) groups excluding carboxylic acids is 2. The third kappa shape index (κ3) is 6.54. The highest BCUT2D eigenvalue weighted by Gasteiger charge is 2.22. The van der Waals surface area contributed by atoms with Crippen LogP contribution in [0.15, 0.2) is 115 Å². The zero-order valence-corrected chi connectivity index (χ0v) is 22.5. The Morgan fingerprint density at radius 3 is 2.10 bits per heavy atom. The molecule has 0 aliphatic carbocycles. The molecular weight excluding hydrogens is 524 g/mol. The first-order valence-electron chi connectivity index (χ1n) is 12.5. The number of hydrogen-bond acceptors (Lipinski definition) is 7. The maximum atomic E-state index is 13.8. The summed E-state index contributed by atoms with van der Waals surface area (Å²) in [5.74, 6) is 0.813. The molecule has 40 heavy (non-hydrogen) atoms. The van der Waals surface area contributed by atoms with Gasteiger partial charge in [0.25, 0.3) is 5.91 Å². The summed E-state index contributed by atoms with van der Waals surface area (Å²) in [5.41, 5.74) is 2.89. The Hall–Kier alpha value is -4.96. The van der Waals surface area contributed by atoms with Crippen LogP contribution in [0.4, 0.5) is 17.1 Å². The van der Waals surface area contributed by atoms with Gasteiger partial charge in [-0.3, -0.25) is 19.5 Å². The van der Waals surface area contributed by atoms with Crippen LogP contribution >= 0.6 is 11.8 Å². The number of amides is 2.